The number of hydrogen-bond acceptors (Lipinski definition) is 1. The molecule has 0 unspecified atom stereocenters. The van der Waals surface area contributed by atoms with Gasteiger partial charge in [-0.25, -0.2) is 4.39 Å². The zero-order valence-electron chi connectivity index (χ0n) is 7.10. The van der Waals surface area contributed by atoms with Crippen LogP contribution in [0.15, 0.2) is 18.2 Å². The zero-order valence-corrected chi connectivity index (χ0v) is 7.10. The fraction of sp³-hybridized carbons (Fsp3) is 0.100. The summed E-state index contributed by atoms with van der Waals surface area (Å²) in [6.07, 6.45) is 0.743. The molecule has 0 saturated carbocycles. The Morgan fingerprint density at radius 3 is 2.92 bits per heavy atom. The first-order valence-corrected chi connectivity index (χ1v) is 3.95. The normalized spacial score (nSPS) is 10.6. The number of carbonyl (C=O) groups excluding carboxylic acids is 1. The predicted molar refractivity (Wildman–Crippen MR) is 48.4 cm³/mol. The van der Waals surface area contributed by atoms with Crippen LogP contribution in [-0.4, -0.2) is 11.3 Å². The molecule has 0 aliphatic carbocycles. The lowest BCUT2D eigenvalue weighted by Crippen LogP contribution is -1.80. The summed E-state index contributed by atoms with van der Waals surface area (Å²) in [5.41, 5.74) is 2.10. The van der Waals surface area contributed by atoms with Crippen molar-refractivity contribution in [2.24, 2.45) is 0 Å². The zero-order chi connectivity index (χ0) is 9.42. The van der Waals surface area contributed by atoms with Crippen LogP contribution in [0, 0.1) is 12.7 Å². The van der Waals surface area contributed by atoms with E-state index in [4.69, 9.17) is 0 Å². The van der Waals surface area contributed by atoms with Crippen molar-refractivity contribution in [2.75, 3.05) is 0 Å². The lowest BCUT2D eigenvalue weighted by atomic mass is 10.1. The topological polar surface area (TPSA) is 32.9 Å². The fourth-order valence-corrected chi connectivity index (χ4v) is 1.44. The molecule has 2 aromatic rings. The highest BCUT2D eigenvalue weighted by molar-refractivity contribution is 5.91. The Morgan fingerprint density at radius 1 is 1.46 bits per heavy atom. The van der Waals surface area contributed by atoms with Crippen LogP contribution in [0.3, 0.4) is 0 Å². The van der Waals surface area contributed by atoms with E-state index in [0.29, 0.717) is 5.69 Å². The van der Waals surface area contributed by atoms with Crippen molar-refractivity contribution in [1.29, 1.82) is 0 Å². The third kappa shape index (κ3) is 1.13. The predicted octanol–water partition coefficient (Wildman–Crippen LogP) is 2.43. The smallest absolute Gasteiger partial charge is 0.166 e. The second-order valence-corrected chi connectivity index (χ2v) is 2.97. The maximum atomic E-state index is 12.8. The van der Waals surface area contributed by atoms with Crippen molar-refractivity contribution in [3.63, 3.8) is 0 Å². The lowest BCUT2D eigenvalue weighted by molar-refractivity contribution is 0.111. The van der Waals surface area contributed by atoms with Gasteiger partial charge in [-0.2, -0.15) is 0 Å². The molecule has 2 rings (SSSR count). The fourth-order valence-electron chi connectivity index (χ4n) is 1.44. The van der Waals surface area contributed by atoms with Crippen LogP contribution in [0.25, 0.3) is 10.9 Å². The van der Waals surface area contributed by atoms with Crippen molar-refractivity contribution in [1.82, 2.24) is 4.98 Å². The molecule has 0 amide bonds. The minimum atomic E-state index is -0.285. The lowest BCUT2D eigenvalue weighted by Gasteiger charge is -1.90. The van der Waals surface area contributed by atoms with Gasteiger partial charge in [0.1, 0.15) is 5.82 Å². The van der Waals surface area contributed by atoms with Crippen LogP contribution in [0.4, 0.5) is 4.39 Å². The number of carbonyl (C=O) groups is 1. The van der Waals surface area contributed by atoms with Gasteiger partial charge in [0.25, 0.3) is 0 Å². The van der Waals surface area contributed by atoms with Crippen LogP contribution in [0.5, 0.6) is 0 Å². The summed E-state index contributed by atoms with van der Waals surface area (Å²) in [7, 11) is 0. The summed E-state index contributed by atoms with van der Waals surface area (Å²) >= 11 is 0. The van der Waals surface area contributed by atoms with Gasteiger partial charge in [0.05, 0.1) is 5.69 Å². The summed E-state index contributed by atoms with van der Waals surface area (Å²) < 4.78 is 12.8. The Morgan fingerprint density at radius 2 is 2.23 bits per heavy atom. The molecule has 0 spiro atoms. The SMILES string of the molecule is Cc1c(C=O)[nH]c2ccc(F)cc12. The van der Waals surface area contributed by atoms with E-state index in [9.17, 15) is 9.18 Å². The quantitative estimate of drug-likeness (QED) is 0.666. The molecule has 1 heterocycles. The van der Waals surface area contributed by atoms with Gasteiger partial charge in [-0.05, 0) is 30.7 Å². The van der Waals surface area contributed by atoms with Gasteiger partial charge in [-0.3, -0.25) is 4.79 Å². The maximum Gasteiger partial charge on any atom is 0.166 e. The molecule has 0 aliphatic rings. The minimum absolute atomic E-state index is 0.285. The molecule has 0 bridgehead atoms. The summed E-state index contributed by atoms with van der Waals surface area (Å²) in [4.78, 5) is 13.5. The third-order valence-electron chi connectivity index (χ3n) is 2.18. The van der Waals surface area contributed by atoms with E-state index in [1.54, 1.807) is 13.0 Å². The number of aromatic nitrogens is 1. The van der Waals surface area contributed by atoms with Crippen LogP contribution < -0.4 is 0 Å². The molecule has 1 aromatic carbocycles. The van der Waals surface area contributed by atoms with Gasteiger partial charge < -0.3 is 4.98 Å². The van der Waals surface area contributed by atoms with E-state index in [1.165, 1.54) is 12.1 Å². The molecule has 1 aromatic heterocycles. The first-order valence-electron chi connectivity index (χ1n) is 3.95. The van der Waals surface area contributed by atoms with Crippen molar-refractivity contribution in [2.45, 2.75) is 6.92 Å². The first kappa shape index (κ1) is 7.98. The van der Waals surface area contributed by atoms with Gasteiger partial charge in [0.2, 0.25) is 0 Å². The van der Waals surface area contributed by atoms with Crippen LogP contribution in [-0.2, 0) is 0 Å². The molecule has 13 heavy (non-hydrogen) atoms. The number of nitrogens with one attached hydrogen (secondary N) is 1. The Hall–Kier alpha value is -1.64. The van der Waals surface area contributed by atoms with Crippen LogP contribution in [0.2, 0.25) is 0 Å². The van der Waals surface area contributed by atoms with E-state index < -0.39 is 0 Å². The molecule has 66 valence electrons. The summed E-state index contributed by atoms with van der Waals surface area (Å²) in [5, 5.41) is 0.766. The van der Waals surface area contributed by atoms with Gasteiger partial charge in [-0.1, -0.05) is 0 Å². The second kappa shape index (κ2) is 2.69. The maximum absolute atomic E-state index is 12.8. The number of aromatic amines is 1. The Labute approximate surface area is 74.4 Å². The third-order valence-corrected chi connectivity index (χ3v) is 2.18. The first-order chi connectivity index (χ1) is 6.22. The van der Waals surface area contributed by atoms with Crippen molar-refractivity contribution >= 4 is 17.2 Å². The Kier molecular flexibility index (Phi) is 1.65. The van der Waals surface area contributed by atoms with Crippen molar-refractivity contribution in [3.05, 3.63) is 35.3 Å². The van der Waals surface area contributed by atoms with E-state index in [1.807, 2.05) is 0 Å². The average molecular weight is 177 g/mol. The number of H-pyrrole nitrogens is 1. The summed E-state index contributed by atoms with van der Waals surface area (Å²) in [6.45, 7) is 1.79. The highest BCUT2D eigenvalue weighted by Crippen LogP contribution is 2.21. The van der Waals surface area contributed by atoms with Crippen LogP contribution >= 0.6 is 0 Å². The molecular weight excluding hydrogens is 169 g/mol. The number of fused-ring (bicyclic) bond motifs is 1. The van der Waals surface area contributed by atoms with Gasteiger partial charge in [0, 0.05) is 10.9 Å². The van der Waals surface area contributed by atoms with E-state index >= 15 is 0 Å². The second-order valence-electron chi connectivity index (χ2n) is 2.97. The van der Waals surface area contributed by atoms with E-state index in [0.717, 1.165) is 22.8 Å². The molecule has 0 fully saturated rings. The summed E-state index contributed by atoms with van der Waals surface area (Å²) in [5.74, 6) is -0.285. The monoisotopic (exact) mass is 177 g/mol. The van der Waals surface area contributed by atoms with E-state index in [2.05, 4.69) is 4.98 Å². The molecule has 2 nitrogen and oxygen atoms in total. The largest absolute Gasteiger partial charge is 0.352 e. The highest BCUT2D eigenvalue weighted by atomic mass is 19.1. The number of hydrogen-bond donors (Lipinski definition) is 1. The number of benzene rings is 1. The minimum Gasteiger partial charge on any atom is -0.352 e. The molecule has 1 N–H and O–H groups in total. The number of rotatable bonds is 1. The van der Waals surface area contributed by atoms with E-state index in [-0.39, 0.29) is 5.82 Å². The Balaban J connectivity index is 2.84. The van der Waals surface area contributed by atoms with Crippen molar-refractivity contribution < 1.29 is 9.18 Å². The average Bonchev–Trinajstić information content (AvgIpc) is 2.44. The number of halogens is 1. The number of aryl methyl sites for hydroxylation is 1. The van der Waals surface area contributed by atoms with Gasteiger partial charge >= 0.3 is 0 Å². The van der Waals surface area contributed by atoms with Crippen molar-refractivity contribution in [3.8, 4) is 0 Å². The molecule has 3 heteroatoms. The standard InChI is InChI=1S/C10H8FNO/c1-6-8-4-7(11)2-3-9(8)12-10(6)5-13/h2-5,12H,1H3. The molecule has 0 saturated heterocycles. The molecule has 0 atom stereocenters. The van der Waals surface area contributed by atoms with Crippen LogP contribution in [0.1, 0.15) is 16.1 Å². The number of aldehydes is 1. The molecular formula is C10H8FNO. The van der Waals surface area contributed by atoms with Gasteiger partial charge in [0.15, 0.2) is 6.29 Å². The summed E-state index contributed by atoms with van der Waals surface area (Å²) in [6, 6.07) is 4.42. The molecule has 0 aliphatic heterocycles. The Bertz CT molecular complexity index is 473. The highest BCUT2D eigenvalue weighted by Gasteiger charge is 2.06. The van der Waals surface area contributed by atoms with Gasteiger partial charge in [-0.15, -0.1) is 0 Å². The molecule has 0 radical (unpaired) electrons.